The first-order valence-corrected chi connectivity index (χ1v) is 14.8. The first kappa shape index (κ1) is 26.5. The van der Waals surface area contributed by atoms with Gasteiger partial charge in [-0.05, 0) is 69.6 Å². The van der Waals surface area contributed by atoms with Gasteiger partial charge in [0.1, 0.15) is 11.0 Å². The fourth-order valence-corrected chi connectivity index (χ4v) is 8.56. The van der Waals surface area contributed by atoms with Crippen LogP contribution in [0.1, 0.15) is 49.1 Å². The predicted octanol–water partition coefficient (Wildman–Crippen LogP) is 6.55. The summed E-state index contributed by atoms with van der Waals surface area (Å²) in [5, 5.41) is 3.92. The van der Waals surface area contributed by atoms with Crippen LogP contribution in [-0.4, -0.2) is 20.3 Å². The summed E-state index contributed by atoms with van der Waals surface area (Å²) in [4.78, 5) is 0. The van der Waals surface area contributed by atoms with E-state index in [0.717, 1.165) is 0 Å². The van der Waals surface area contributed by atoms with Crippen LogP contribution in [0.15, 0.2) is 103 Å². The number of hydrogen-bond donors (Lipinski definition) is 0. The molecule has 0 aliphatic carbocycles. The highest BCUT2D eigenvalue weighted by atomic mass is 32.2. The summed E-state index contributed by atoms with van der Waals surface area (Å²) >= 11 is 0. The van der Waals surface area contributed by atoms with Crippen molar-refractivity contribution in [3.05, 3.63) is 125 Å². The Bertz CT molecular complexity index is 1270. The summed E-state index contributed by atoms with van der Waals surface area (Å²) in [5.74, 6) is 0. The Morgan fingerprint density at radius 3 is 1.69 bits per heavy atom. The van der Waals surface area contributed by atoms with E-state index in [0.29, 0.717) is 0 Å². The zero-order valence-corrected chi connectivity index (χ0v) is 23.8. The Morgan fingerprint density at radius 2 is 1.19 bits per heavy atom. The summed E-state index contributed by atoms with van der Waals surface area (Å²) in [6, 6.07) is 36.9. The molecule has 0 spiro atoms. The average molecular weight is 514 g/mol. The lowest BCUT2D eigenvalue weighted by atomic mass is 9.95. The second-order valence-corrected chi connectivity index (χ2v) is 14.8. The van der Waals surface area contributed by atoms with Crippen molar-refractivity contribution in [3.63, 3.8) is 0 Å². The molecular weight excluding hydrogens is 477 g/mol. The van der Waals surface area contributed by atoms with Crippen LogP contribution < -0.4 is 15.9 Å². The largest absolute Gasteiger partial charge is 0.242 e. The molecule has 2 atom stereocenters. The van der Waals surface area contributed by atoms with E-state index in [-0.39, 0.29) is 10.8 Å². The molecule has 0 aliphatic rings. The van der Waals surface area contributed by atoms with Crippen molar-refractivity contribution in [2.24, 2.45) is 0 Å². The first-order valence-electron chi connectivity index (χ1n) is 12.4. The Balaban J connectivity index is 1.98. The summed E-state index contributed by atoms with van der Waals surface area (Å²) in [6.07, 6.45) is 0. The molecule has 0 bridgehead atoms. The Morgan fingerprint density at radius 1 is 0.722 bits per heavy atom. The van der Waals surface area contributed by atoms with Gasteiger partial charge in [0.2, 0.25) is 0 Å². The third-order valence-corrected chi connectivity index (χ3v) is 10.5. The highest BCUT2D eigenvalue weighted by molar-refractivity contribution is 7.84. The van der Waals surface area contributed by atoms with Gasteiger partial charge in [0.05, 0.1) is 10.8 Å². The van der Waals surface area contributed by atoms with E-state index < -0.39 is 18.9 Å². The van der Waals surface area contributed by atoms with Crippen LogP contribution in [0.4, 0.5) is 0 Å². The maximum atomic E-state index is 13.8. The minimum Gasteiger partial charge on any atom is -0.242 e. The number of aryl methyl sites for hydroxylation is 2. The smallest absolute Gasteiger partial charge is 0.100 e. The molecule has 0 heterocycles. The molecule has 4 heteroatoms. The fraction of sp³-hybridized carbons (Fsp3) is 0.250. The van der Waals surface area contributed by atoms with Crippen molar-refractivity contribution >= 4 is 34.8 Å². The quantitative estimate of drug-likeness (QED) is 0.257. The summed E-state index contributed by atoms with van der Waals surface area (Å²) in [7, 11) is 0.00872. The molecular formula is C32H36NOPS. The maximum absolute atomic E-state index is 13.8. The lowest BCUT2D eigenvalue weighted by Gasteiger charge is -2.35. The molecule has 0 saturated carbocycles. The van der Waals surface area contributed by atoms with Gasteiger partial charge in [0, 0.05) is 7.05 Å². The minimum atomic E-state index is -1.20. The van der Waals surface area contributed by atoms with Crippen LogP contribution in [0.3, 0.4) is 0 Å². The monoisotopic (exact) mass is 513 g/mol. The van der Waals surface area contributed by atoms with Crippen LogP contribution in [0.5, 0.6) is 0 Å². The lowest BCUT2D eigenvalue weighted by molar-refractivity contribution is 0.441. The average Bonchev–Trinajstić information content (AvgIpc) is 2.85. The molecule has 4 aromatic rings. The van der Waals surface area contributed by atoms with Crippen LogP contribution in [0.2, 0.25) is 0 Å². The third-order valence-electron chi connectivity index (χ3n) is 6.21. The van der Waals surface area contributed by atoms with Crippen molar-refractivity contribution in [2.75, 3.05) is 7.05 Å². The molecule has 0 unspecified atom stereocenters. The predicted molar refractivity (Wildman–Crippen MR) is 159 cm³/mol. The van der Waals surface area contributed by atoms with Crippen molar-refractivity contribution in [2.45, 2.75) is 45.4 Å². The van der Waals surface area contributed by atoms with Gasteiger partial charge >= 0.3 is 0 Å². The fourth-order valence-electron chi connectivity index (χ4n) is 4.78. The molecule has 0 amide bonds. The molecule has 0 aliphatic heterocycles. The van der Waals surface area contributed by atoms with Gasteiger partial charge in [-0.2, -0.15) is 0 Å². The molecule has 0 saturated heterocycles. The number of nitrogens with zero attached hydrogens (tertiary/aromatic N) is 1. The summed E-state index contributed by atoms with van der Waals surface area (Å²) in [5.41, 5.74) is 4.82. The SMILES string of the molecule is Cc1cc(C)cc([C@@H](c2ccccc2P(c2ccccc2)c2ccccc2)N(C)[S@](=O)C(C)(C)C)c1. The Hall–Kier alpha value is -2.58. The van der Waals surface area contributed by atoms with Gasteiger partial charge in [0.25, 0.3) is 0 Å². The molecule has 4 aromatic carbocycles. The van der Waals surface area contributed by atoms with Crippen LogP contribution >= 0.6 is 7.92 Å². The van der Waals surface area contributed by atoms with E-state index in [4.69, 9.17) is 0 Å². The zero-order valence-electron chi connectivity index (χ0n) is 22.1. The normalized spacial score (nSPS) is 13.7. The first-order chi connectivity index (χ1) is 17.2. The van der Waals surface area contributed by atoms with E-state index in [1.165, 1.54) is 38.2 Å². The molecule has 0 radical (unpaired) electrons. The minimum absolute atomic E-state index is 0.141. The molecule has 0 aromatic heterocycles. The van der Waals surface area contributed by atoms with Crippen LogP contribution in [0, 0.1) is 13.8 Å². The molecule has 0 fully saturated rings. The van der Waals surface area contributed by atoms with E-state index in [2.05, 4.69) is 121 Å². The van der Waals surface area contributed by atoms with Gasteiger partial charge in [0.15, 0.2) is 0 Å². The summed E-state index contributed by atoms with van der Waals surface area (Å²) in [6.45, 7) is 10.4. The second-order valence-electron chi connectivity index (χ2n) is 10.3. The van der Waals surface area contributed by atoms with Crippen LogP contribution in [0.25, 0.3) is 0 Å². The standard InChI is InChI=1S/C32H36NOPS/c1-24-21-25(2)23-26(22-24)31(33(6)36(34)32(3,4)5)29-19-13-14-20-30(29)35(27-15-9-7-10-16-27)28-17-11-8-12-18-28/h7-23,31H,1-6H3/t31-,36+/m0/s1. The maximum Gasteiger partial charge on any atom is 0.100 e. The van der Waals surface area contributed by atoms with Crippen molar-refractivity contribution in [1.82, 2.24) is 4.31 Å². The molecule has 186 valence electrons. The topological polar surface area (TPSA) is 20.3 Å². The van der Waals surface area contributed by atoms with Gasteiger partial charge in [-0.1, -0.05) is 114 Å². The van der Waals surface area contributed by atoms with E-state index >= 15 is 0 Å². The van der Waals surface area contributed by atoms with Gasteiger partial charge in [-0.25, -0.2) is 8.51 Å². The third kappa shape index (κ3) is 5.86. The number of benzene rings is 4. The Kier molecular flexibility index (Phi) is 8.25. The molecule has 4 rings (SSSR count). The molecule has 36 heavy (non-hydrogen) atoms. The van der Waals surface area contributed by atoms with Gasteiger partial charge in [-0.3, -0.25) is 0 Å². The van der Waals surface area contributed by atoms with Crippen LogP contribution in [-0.2, 0) is 11.0 Å². The van der Waals surface area contributed by atoms with E-state index in [1.54, 1.807) is 0 Å². The van der Waals surface area contributed by atoms with Gasteiger partial charge in [-0.15, -0.1) is 0 Å². The summed E-state index contributed by atoms with van der Waals surface area (Å²) < 4.78 is 15.5. The van der Waals surface area contributed by atoms with Gasteiger partial charge < -0.3 is 0 Å². The molecule has 0 N–H and O–H groups in total. The highest BCUT2D eigenvalue weighted by Crippen LogP contribution is 2.39. The number of rotatable bonds is 7. The lowest BCUT2D eigenvalue weighted by Crippen LogP contribution is -2.39. The van der Waals surface area contributed by atoms with E-state index in [9.17, 15) is 4.21 Å². The van der Waals surface area contributed by atoms with Crippen molar-refractivity contribution < 1.29 is 4.21 Å². The Labute approximate surface area is 220 Å². The second kappa shape index (κ2) is 11.2. The zero-order chi connectivity index (χ0) is 25.9. The van der Waals surface area contributed by atoms with E-state index in [1.807, 2.05) is 27.8 Å². The van der Waals surface area contributed by atoms with Crippen molar-refractivity contribution in [1.29, 1.82) is 0 Å². The number of hydrogen-bond acceptors (Lipinski definition) is 1. The molecule has 2 nitrogen and oxygen atoms in total. The van der Waals surface area contributed by atoms with Crippen molar-refractivity contribution in [3.8, 4) is 0 Å². The highest BCUT2D eigenvalue weighted by Gasteiger charge is 2.33.